The lowest BCUT2D eigenvalue weighted by Gasteiger charge is -2.19. The van der Waals surface area contributed by atoms with Crippen LogP contribution in [0.5, 0.6) is 5.75 Å². The molecule has 0 heterocycles. The van der Waals surface area contributed by atoms with Crippen molar-refractivity contribution in [3.63, 3.8) is 0 Å². The number of rotatable bonds is 5. The molecule has 94 valence electrons. The van der Waals surface area contributed by atoms with Crippen LogP contribution < -0.4 is 9.64 Å². The lowest BCUT2D eigenvalue weighted by Crippen LogP contribution is -2.23. The second kappa shape index (κ2) is 6.31. The summed E-state index contributed by atoms with van der Waals surface area (Å²) in [6.45, 7) is 1.49. The monoisotopic (exact) mass is 261 g/mol. The average Bonchev–Trinajstić information content (AvgIpc) is 2.42. The first-order chi connectivity index (χ1) is 8.75. The number of hydrogen-bond donors (Lipinski definition) is 0. The SMILES string of the molecule is CN(CCOc1ccc(Cl)cc1)c1ccccc1. The van der Waals surface area contributed by atoms with Crippen LogP contribution in [0.15, 0.2) is 54.6 Å². The van der Waals surface area contributed by atoms with Crippen LogP contribution in [0.2, 0.25) is 5.02 Å². The quantitative estimate of drug-likeness (QED) is 0.811. The van der Waals surface area contributed by atoms with E-state index >= 15 is 0 Å². The predicted molar refractivity (Wildman–Crippen MR) is 76.7 cm³/mol. The molecule has 2 aromatic rings. The van der Waals surface area contributed by atoms with Crippen molar-refractivity contribution >= 4 is 17.3 Å². The number of hydrogen-bond acceptors (Lipinski definition) is 2. The van der Waals surface area contributed by atoms with Gasteiger partial charge >= 0.3 is 0 Å². The third kappa shape index (κ3) is 3.67. The second-order valence-electron chi connectivity index (χ2n) is 4.06. The molecule has 2 nitrogen and oxygen atoms in total. The molecule has 0 radical (unpaired) electrons. The molecule has 0 aliphatic carbocycles. The summed E-state index contributed by atoms with van der Waals surface area (Å²) in [6.07, 6.45) is 0. The van der Waals surface area contributed by atoms with Gasteiger partial charge in [-0.2, -0.15) is 0 Å². The second-order valence-corrected chi connectivity index (χ2v) is 4.50. The minimum atomic E-state index is 0.646. The maximum atomic E-state index is 5.81. The van der Waals surface area contributed by atoms with E-state index in [-0.39, 0.29) is 0 Å². The van der Waals surface area contributed by atoms with Gasteiger partial charge in [0, 0.05) is 17.8 Å². The summed E-state index contributed by atoms with van der Waals surface area (Å²) >= 11 is 5.81. The molecule has 0 N–H and O–H groups in total. The number of para-hydroxylation sites is 1. The molecule has 0 aliphatic heterocycles. The minimum absolute atomic E-state index is 0.646. The van der Waals surface area contributed by atoms with Crippen LogP contribution in [0.1, 0.15) is 0 Å². The molecular weight excluding hydrogens is 246 g/mol. The van der Waals surface area contributed by atoms with Crippen LogP contribution in [-0.2, 0) is 0 Å². The van der Waals surface area contributed by atoms with E-state index in [1.54, 1.807) is 0 Å². The Hall–Kier alpha value is -1.67. The van der Waals surface area contributed by atoms with Crippen LogP contribution in [0, 0.1) is 0 Å². The maximum Gasteiger partial charge on any atom is 0.119 e. The van der Waals surface area contributed by atoms with Crippen molar-refractivity contribution in [2.24, 2.45) is 0 Å². The van der Waals surface area contributed by atoms with Gasteiger partial charge in [-0.3, -0.25) is 0 Å². The first-order valence-electron chi connectivity index (χ1n) is 5.90. The van der Waals surface area contributed by atoms with Crippen molar-refractivity contribution in [2.45, 2.75) is 0 Å². The summed E-state index contributed by atoms with van der Waals surface area (Å²) in [5.41, 5.74) is 1.19. The van der Waals surface area contributed by atoms with E-state index < -0.39 is 0 Å². The van der Waals surface area contributed by atoms with Crippen molar-refractivity contribution in [1.29, 1.82) is 0 Å². The highest BCUT2D eigenvalue weighted by atomic mass is 35.5. The molecule has 0 bridgehead atoms. The van der Waals surface area contributed by atoms with Gasteiger partial charge in [0.05, 0.1) is 6.54 Å². The number of likely N-dealkylation sites (N-methyl/N-ethyl adjacent to an activating group) is 1. The zero-order valence-electron chi connectivity index (χ0n) is 10.3. The predicted octanol–water partition coefficient (Wildman–Crippen LogP) is 3.86. The standard InChI is InChI=1S/C15H16ClNO/c1-17(14-5-3-2-4-6-14)11-12-18-15-9-7-13(16)8-10-15/h2-10H,11-12H2,1H3. The van der Waals surface area contributed by atoms with E-state index in [4.69, 9.17) is 16.3 Å². The minimum Gasteiger partial charge on any atom is -0.492 e. The fraction of sp³-hybridized carbons (Fsp3) is 0.200. The Bertz CT molecular complexity index is 470. The Balaban J connectivity index is 1.80. The average molecular weight is 262 g/mol. The summed E-state index contributed by atoms with van der Waals surface area (Å²) in [6, 6.07) is 17.7. The van der Waals surface area contributed by atoms with Crippen LogP contribution in [0.3, 0.4) is 0 Å². The zero-order valence-corrected chi connectivity index (χ0v) is 11.1. The molecule has 0 amide bonds. The zero-order chi connectivity index (χ0) is 12.8. The van der Waals surface area contributed by atoms with Gasteiger partial charge in [0.2, 0.25) is 0 Å². The summed E-state index contributed by atoms with van der Waals surface area (Å²) in [5, 5.41) is 0.726. The van der Waals surface area contributed by atoms with Gasteiger partial charge in [0.1, 0.15) is 12.4 Å². The smallest absolute Gasteiger partial charge is 0.119 e. The Morgan fingerprint density at radius 3 is 2.33 bits per heavy atom. The molecule has 0 fully saturated rings. The van der Waals surface area contributed by atoms with Gasteiger partial charge in [0.15, 0.2) is 0 Å². The van der Waals surface area contributed by atoms with Gasteiger partial charge in [0.25, 0.3) is 0 Å². The van der Waals surface area contributed by atoms with Crippen LogP contribution >= 0.6 is 11.6 Å². The lowest BCUT2D eigenvalue weighted by molar-refractivity contribution is 0.326. The Labute approximate surface area is 113 Å². The van der Waals surface area contributed by atoms with Crippen molar-refractivity contribution in [3.05, 3.63) is 59.6 Å². The van der Waals surface area contributed by atoms with Crippen molar-refractivity contribution in [1.82, 2.24) is 0 Å². The Morgan fingerprint density at radius 2 is 1.67 bits per heavy atom. The molecular formula is C15H16ClNO. The molecule has 0 saturated heterocycles. The van der Waals surface area contributed by atoms with E-state index in [0.717, 1.165) is 17.3 Å². The van der Waals surface area contributed by atoms with E-state index in [1.165, 1.54) is 5.69 Å². The molecule has 0 atom stereocenters. The van der Waals surface area contributed by atoms with E-state index in [9.17, 15) is 0 Å². The largest absolute Gasteiger partial charge is 0.492 e. The molecule has 0 aromatic heterocycles. The van der Waals surface area contributed by atoms with E-state index in [2.05, 4.69) is 24.1 Å². The van der Waals surface area contributed by atoms with Gasteiger partial charge in [-0.1, -0.05) is 29.8 Å². The fourth-order valence-corrected chi connectivity index (χ4v) is 1.77. The number of halogens is 1. The molecule has 2 aromatic carbocycles. The number of nitrogens with zero attached hydrogens (tertiary/aromatic N) is 1. The topological polar surface area (TPSA) is 12.5 Å². The van der Waals surface area contributed by atoms with E-state index in [0.29, 0.717) is 6.61 Å². The van der Waals surface area contributed by atoms with Gasteiger partial charge in [-0.05, 0) is 36.4 Å². The highest BCUT2D eigenvalue weighted by Gasteiger charge is 2.00. The highest BCUT2D eigenvalue weighted by Crippen LogP contribution is 2.16. The van der Waals surface area contributed by atoms with Gasteiger partial charge in [-0.25, -0.2) is 0 Å². The van der Waals surface area contributed by atoms with Gasteiger partial charge in [-0.15, -0.1) is 0 Å². The number of benzene rings is 2. The van der Waals surface area contributed by atoms with Crippen LogP contribution in [0.4, 0.5) is 5.69 Å². The summed E-state index contributed by atoms with van der Waals surface area (Å²) < 4.78 is 5.65. The Morgan fingerprint density at radius 1 is 1.00 bits per heavy atom. The third-order valence-electron chi connectivity index (χ3n) is 2.71. The van der Waals surface area contributed by atoms with Crippen molar-refractivity contribution < 1.29 is 4.74 Å². The van der Waals surface area contributed by atoms with Crippen LogP contribution in [0.25, 0.3) is 0 Å². The molecule has 0 saturated carbocycles. The first kappa shape index (κ1) is 12.8. The summed E-state index contributed by atoms with van der Waals surface area (Å²) in [4.78, 5) is 2.16. The maximum absolute atomic E-state index is 5.81. The highest BCUT2D eigenvalue weighted by molar-refractivity contribution is 6.30. The van der Waals surface area contributed by atoms with E-state index in [1.807, 2.05) is 42.5 Å². The number of anilines is 1. The van der Waals surface area contributed by atoms with Crippen molar-refractivity contribution in [3.8, 4) is 5.75 Å². The number of ether oxygens (including phenoxy) is 1. The normalized spacial score (nSPS) is 10.1. The Kier molecular flexibility index (Phi) is 4.48. The molecule has 18 heavy (non-hydrogen) atoms. The molecule has 0 aliphatic rings. The summed E-state index contributed by atoms with van der Waals surface area (Å²) in [7, 11) is 2.06. The van der Waals surface area contributed by atoms with Crippen molar-refractivity contribution in [2.75, 3.05) is 25.1 Å². The molecule has 0 spiro atoms. The lowest BCUT2D eigenvalue weighted by atomic mass is 10.3. The van der Waals surface area contributed by atoms with Gasteiger partial charge < -0.3 is 9.64 Å². The molecule has 2 rings (SSSR count). The first-order valence-corrected chi connectivity index (χ1v) is 6.28. The summed E-state index contributed by atoms with van der Waals surface area (Å²) in [5.74, 6) is 0.848. The molecule has 3 heteroatoms. The fourth-order valence-electron chi connectivity index (χ4n) is 1.64. The van der Waals surface area contributed by atoms with Crippen LogP contribution in [-0.4, -0.2) is 20.2 Å². The third-order valence-corrected chi connectivity index (χ3v) is 2.96. The molecule has 0 unspecified atom stereocenters.